The molecule has 14 heteroatoms. The number of carbonyl (C=O) groups is 1. The zero-order valence-corrected chi connectivity index (χ0v) is 35.8. The van der Waals surface area contributed by atoms with Crippen molar-refractivity contribution >= 4 is 5.97 Å². The van der Waals surface area contributed by atoms with Gasteiger partial charge >= 0.3 is 5.97 Å². The van der Waals surface area contributed by atoms with Gasteiger partial charge in [-0.25, -0.2) is 0 Å². The summed E-state index contributed by atoms with van der Waals surface area (Å²) in [5.41, 5.74) is -3.34. The van der Waals surface area contributed by atoms with Gasteiger partial charge in [0.05, 0.1) is 54.2 Å². The van der Waals surface area contributed by atoms with E-state index in [4.69, 9.17) is 33.2 Å². The van der Waals surface area contributed by atoms with Gasteiger partial charge in [-0.3, -0.25) is 9.69 Å². The highest BCUT2D eigenvalue weighted by atomic mass is 16.7. The molecule has 4 saturated heterocycles. The zero-order chi connectivity index (χ0) is 41.4. The number of carbonyl (C=O) groups excluding carboxylic acids is 1. The highest BCUT2D eigenvalue weighted by Crippen LogP contribution is 2.40. The van der Waals surface area contributed by atoms with Crippen LogP contribution >= 0.6 is 0 Å². The second-order valence-corrected chi connectivity index (χ2v) is 18.2. The smallest absolute Gasteiger partial charge is 0.311 e. The average Bonchev–Trinajstić information content (AvgIpc) is 3.09. The molecule has 0 aromatic heterocycles. The summed E-state index contributed by atoms with van der Waals surface area (Å²) in [4.78, 5) is 18.6. The topological polar surface area (TPSA) is 169 Å². The van der Waals surface area contributed by atoms with Crippen molar-refractivity contribution in [2.24, 2.45) is 17.8 Å². The number of esters is 1. The molecule has 14 nitrogen and oxygen atoms in total. The average molecular weight is 787 g/mol. The molecule has 0 aromatic carbocycles. The van der Waals surface area contributed by atoms with Crippen molar-refractivity contribution in [3.63, 3.8) is 0 Å². The maximum atomic E-state index is 14.4. The largest absolute Gasteiger partial charge is 0.459 e. The van der Waals surface area contributed by atoms with E-state index >= 15 is 0 Å². The van der Waals surface area contributed by atoms with Crippen LogP contribution in [0.2, 0.25) is 0 Å². The summed E-state index contributed by atoms with van der Waals surface area (Å²) in [6, 6.07) is -0.482. The third-order valence-electron chi connectivity index (χ3n) is 12.9. The SMILES string of the molecule is C=C1CO[C@@H]2[C@@H](C)CN(C1)[C@H](C)C[C@@](C)(O)[C@H](O[C@@H]1O[C@H](C)C[C@H](N(C)C)[C@H]1O)[C@@H](C)[C@H](O[C@H]1C[C@@](C)(OC)[C@@H](O)[C@H](C)O1)[C@@H](C)C(=O)O[C@H](CC)[C@@]2(C)O. The third kappa shape index (κ3) is 10.3. The zero-order valence-electron chi connectivity index (χ0n) is 35.8. The van der Waals surface area contributed by atoms with E-state index in [2.05, 4.69) is 11.5 Å². The molecule has 0 saturated carbocycles. The Bertz CT molecular complexity index is 1280. The Morgan fingerprint density at radius 1 is 1.00 bits per heavy atom. The number of rotatable bonds is 7. The molecule has 0 amide bonds. The van der Waals surface area contributed by atoms with E-state index in [1.165, 1.54) is 7.11 Å². The molecule has 0 aromatic rings. The van der Waals surface area contributed by atoms with Crippen LogP contribution in [-0.4, -0.2) is 167 Å². The molecule has 0 aliphatic carbocycles. The van der Waals surface area contributed by atoms with Crippen LogP contribution in [0.1, 0.15) is 94.9 Å². The van der Waals surface area contributed by atoms with Gasteiger partial charge < -0.3 is 58.5 Å². The lowest BCUT2D eigenvalue weighted by Crippen LogP contribution is -2.61. The molecule has 55 heavy (non-hydrogen) atoms. The number of methoxy groups -OCH3 is 1. The van der Waals surface area contributed by atoms with Crippen molar-refractivity contribution in [2.75, 3.05) is 40.9 Å². The molecule has 4 N–H and O–H groups in total. The number of aliphatic hydroxyl groups excluding tert-OH is 2. The first-order valence-corrected chi connectivity index (χ1v) is 20.3. The molecule has 4 heterocycles. The molecular weight excluding hydrogens is 712 g/mol. The number of likely N-dealkylation sites (N-methyl/N-ethyl adjacent to an activating group) is 1. The number of fused-ring (bicyclic) bond motifs is 3. The number of nitrogens with zero attached hydrogens (tertiary/aromatic N) is 2. The van der Waals surface area contributed by atoms with Crippen molar-refractivity contribution in [1.29, 1.82) is 0 Å². The molecule has 4 aliphatic rings. The van der Waals surface area contributed by atoms with Gasteiger partial charge in [0.1, 0.15) is 23.9 Å². The van der Waals surface area contributed by atoms with Crippen LogP contribution in [0.15, 0.2) is 12.2 Å². The summed E-state index contributed by atoms with van der Waals surface area (Å²) in [6.07, 6.45) is -7.33. The lowest BCUT2D eigenvalue weighted by molar-refractivity contribution is -0.318. The van der Waals surface area contributed by atoms with Crippen molar-refractivity contribution in [1.82, 2.24) is 9.80 Å². The summed E-state index contributed by atoms with van der Waals surface area (Å²) in [5, 5.41) is 47.6. The number of hydrogen-bond donors (Lipinski definition) is 4. The van der Waals surface area contributed by atoms with Gasteiger partial charge in [0.15, 0.2) is 12.6 Å². The summed E-state index contributed by atoms with van der Waals surface area (Å²) < 4.78 is 44.4. The van der Waals surface area contributed by atoms with Crippen LogP contribution in [0.3, 0.4) is 0 Å². The second-order valence-electron chi connectivity index (χ2n) is 18.2. The minimum absolute atomic E-state index is 0.146. The van der Waals surface area contributed by atoms with Crippen molar-refractivity contribution < 1.29 is 58.4 Å². The van der Waals surface area contributed by atoms with Crippen molar-refractivity contribution in [2.45, 2.75) is 185 Å². The lowest BCUT2D eigenvalue weighted by Gasteiger charge is -2.49. The molecule has 4 aliphatic heterocycles. The first-order valence-electron chi connectivity index (χ1n) is 20.3. The fourth-order valence-electron chi connectivity index (χ4n) is 9.61. The maximum absolute atomic E-state index is 14.4. The molecule has 2 bridgehead atoms. The van der Waals surface area contributed by atoms with Crippen molar-refractivity contribution in [3.8, 4) is 0 Å². The Balaban J connectivity index is 1.86. The van der Waals surface area contributed by atoms with E-state index < -0.39 is 89.9 Å². The minimum atomic E-state index is -1.57. The first-order chi connectivity index (χ1) is 25.5. The second kappa shape index (κ2) is 18.3. The fraction of sp³-hybridized carbons (Fsp3) is 0.927. The van der Waals surface area contributed by atoms with Gasteiger partial charge in [-0.15, -0.1) is 0 Å². The molecule has 4 fully saturated rings. The highest BCUT2D eigenvalue weighted by molar-refractivity contribution is 5.73. The molecular formula is C41H74N2O12. The Kier molecular flexibility index (Phi) is 15.5. The maximum Gasteiger partial charge on any atom is 0.311 e. The number of hydrogen-bond acceptors (Lipinski definition) is 14. The molecule has 19 atom stereocenters. The van der Waals surface area contributed by atoms with Gasteiger partial charge in [0.2, 0.25) is 0 Å². The predicted molar refractivity (Wildman–Crippen MR) is 206 cm³/mol. The normalized spacial score (nSPS) is 49.8. The number of ether oxygens (including phenoxy) is 7. The highest BCUT2D eigenvalue weighted by Gasteiger charge is 2.53. The predicted octanol–water partition coefficient (Wildman–Crippen LogP) is 2.87. The van der Waals surface area contributed by atoms with Gasteiger partial charge in [0, 0.05) is 44.6 Å². The molecule has 4 rings (SSSR count). The summed E-state index contributed by atoms with van der Waals surface area (Å²) in [6.45, 7) is 23.8. The van der Waals surface area contributed by atoms with E-state index in [0.29, 0.717) is 25.9 Å². The van der Waals surface area contributed by atoms with E-state index in [1.807, 2.05) is 53.6 Å². The van der Waals surface area contributed by atoms with E-state index in [1.54, 1.807) is 34.6 Å². The third-order valence-corrected chi connectivity index (χ3v) is 12.9. The van der Waals surface area contributed by atoms with Crippen molar-refractivity contribution in [3.05, 3.63) is 12.2 Å². The molecule has 320 valence electrons. The van der Waals surface area contributed by atoms with Crippen LogP contribution in [0, 0.1) is 17.8 Å². The van der Waals surface area contributed by atoms with Crippen LogP contribution in [0.4, 0.5) is 0 Å². The fourth-order valence-corrected chi connectivity index (χ4v) is 9.61. The monoisotopic (exact) mass is 787 g/mol. The van der Waals surface area contributed by atoms with E-state index in [0.717, 1.165) is 5.57 Å². The number of aliphatic hydroxyl groups is 4. The quantitative estimate of drug-likeness (QED) is 0.220. The van der Waals surface area contributed by atoms with Crippen LogP contribution in [0.25, 0.3) is 0 Å². The van der Waals surface area contributed by atoms with Crippen LogP contribution < -0.4 is 0 Å². The minimum Gasteiger partial charge on any atom is -0.459 e. The van der Waals surface area contributed by atoms with Crippen LogP contribution in [-0.2, 0) is 38.0 Å². The van der Waals surface area contributed by atoms with Gasteiger partial charge in [-0.2, -0.15) is 0 Å². The van der Waals surface area contributed by atoms with Crippen LogP contribution in [0.5, 0.6) is 0 Å². The number of cyclic esters (lactones) is 1. The Labute approximate surface area is 329 Å². The van der Waals surface area contributed by atoms with Gasteiger partial charge in [-0.1, -0.05) is 27.4 Å². The molecule has 1 unspecified atom stereocenters. The summed E-state index contributed by atoms with van der Waals surface area (Å²) in [7, 11) is 5.32. The molecule has 0 radical (unpaired) electrons. The van der Waals surface area contributed by atoms with Gasteiger partial charge in [-0.05, 0) is 93.3 Å². The lowest BCUT2D eigenvalue weighted by atomic mass is 9.78. The Morgan fingerprint density at radius 2 is 1.65 bits per heavy atom. The molecule has 0 spiro atoms. The first kappa shape index (κ1) is 46.4. The Morgan fingerprint density at radius 3 is 2.25 bits per heavy atom. The summed E-state index contributed by atoms with van der Waals surface area (Å²) >= 11 is 0. The Hall–Kier alpha value is -1.27. The summed E-state index contributed by atoms with van der Waals surface area (Å²) in [5.74, 6) is -2.53. The van der Waals surface area contributed by atoms with Gasteiger partial charge in [0.25, 0.3) is 0 Å². The standard InChI is InChI=1S/C41H74N2O12/c1-15-30-41(11,48)35-23(3)20-43(19-22(2)21-50-35)24(4)17-39(9,47)36(55-38-32(44)29(42(12)13)16-25(5)51-38)26(6)33(27(7)37(46)53-30)54-31-18-40(10,49-14)34(45)28(8)52-31/h23-36,38,44-45,47-48H,2,15-21H2,1,3-14H3/t23-,24+,25+,26-,27+,28-,29-,30+,31-,32+,33-,34-,35+,36+,38-,39+,40+,41+/m0/s1. The van der Waals surface area contributed by atoms with E-state index in [9.17, 15) is 25.2 Å². The van der Waals surface area contributed by atoms with E-state index in [-0.39, 0.29) is 43.6 Å².